The fourth-order valence-corrected chi connectivity index (χ4v) is 1.36. The van der Waals surface area contributed by atoms with Crippen molar-refractivity contribution < 1.29 is 15.0 Å². The van der Waals surface area contributed by atoms with E-state index in [0.717, 1.165) is 5.56 Å². The Morgan fingerprint density at radius 3 is 2.65 bits per heavy atom. The van der Waals surface area contributed by atoms with Crippen molar-refractivity contribution in [2.75, 3.05) is 6.54 Å². The van der Waals surface area contributed by atoms with E-state index in [4.69, 9.17) is 10.8 Å². The Bertz CT molecular complexity index is 379. The number of nitrogens with two attached hydrogens (primary N) is 1. The standard InChI is InChI=1S/C12H16N2O3/c13-10(6-9-4-2-1-3-5-9)11(15)7-14-8-12(16)17/h1-5,7,10-11,15H,6,8,13H2,(H,16,17). The van der Waals surface area contributed by atoms with Crippen LogP contribution < -0.4 is 5.73 Å². The normalized spacial score (nSPS) is 14.7. The third-order valence-corrected chi connectivity index (χ3v) is 2.24. The number of aliphatic carboxylic acids is 1. The van der Waals surface area contributed by atoms with Gasteiger partial charge in [-0.05, 0) is 12.0 Å². The van der Waals surface area contributed by atoms with E-state index in [2.05, 4.69) is 4.99 Å². The Morgan fingerprint density at radius 1 is 1.41 bits per heavy atom. The first-order valence-electron chi connectivity index (χ1n) is 5.29. The fourth-order valence-electron chi connectivity index (χ4n) is 1.36. The molecule has 0 aliphatic heterocycles. The zero-order chi connectivity index (χ0) is 12.7. The van der Waals surface area contributed by atoms with E-state index >= 15 is 0 Å². The molecule has 0 aromatic heterocycles. The number of carbonyl (C=O) groups is 1. The summed E-state index contributed by atoms with van der Waals surface area (Å²) in [6.45, 7) is -0.352. The first-order valence-corrected chi connectivity index (χ1v) is 5.29. The molecule has 0 amide bonds. The van der Waals surface area contributed by atoms with Crippen LogP contribution in [0.4, 0.5) is 0 Å². The van der Waals surface area contributed by atoms with Crippen molar-refractivity contribution in [2.45, 2.75) is 18.6 Å². The molecule has 1 aromatic rings. The molecule has 1 rings (SSSR count). The molecule has 0 aliphatic carbocycles. The first kappa shape index (κ1) is 13.3. The Balaban J connectivity index is 2.44. The van der Waals surface area contributed by atoms with Crippen LogP contribution in [0, 0.1) is 0 Å². The lowest BCUT2D eigenvalue weighted by Crippen LogP contribution is -2.37. The number of carboxylic acid groups (broad SMARTS) is 1. The summed E-state index contributed by atoms with van der Waals surface area (Å²) in [7, 11) is 0. The van der Waals surface area contributed by atoms with Gasteiger partial charge in [-0.15, -0.1) is 0 Å². The number of aliphatic imine (C=N–C) groups is 1. The third-order valence-electron chi connectivity index (χ3n) is 2.24. The second-order valence-corrected chi connectivity index (χ2v) is 3.73. The lowest BCUT2D eigenvalue weighted by Gasteiger charge is -2.14. The summed E-state index contributed by atoms with van der Waals surface area (Å²) in [6, 6.07) is 9.04. The number of nitrogens with zero attached hydrogens (tertiary/aromatic N) is 1. The quantitative estimate of drug-likeness (QED) is 0.609. The molecule has 1 aromatic carbocycles. The van der Waals surface area contributed by atoms with Gasteiger partial charge in [0, 0.05) is 12.3 Å². The van der Waals surface area contributed by atoms with Crippen molar-refractivity contribution in [3.63, 3.8) is 0 Å². The molecule has 4 N–H and O–H groups in total. The number of hydrogen-bond donors (Lipinski definition) is 3. The topological polar surface area (TPSA) is 95.9 Å². The van der Waals surface area contributed by atoms with E-state index in [1.165, 1.54) is 6.21 Å². The maximum absolute atomic E-state index is 10.2. The summed E-state index contributed by atoms with van der Waals surface area (Å²) >= 11 is 0. The highest BCUT2D eigenvalue weighted by Gasteiger charge is 2.12. The van der Waals surface area contributed by atoms with Gasteiger partial charge >= 0.3 is 5.97 Å². The Morgan fingerprint density at radius 2 is 2.06 bits per heavy atom. The largest absolute Gasteiger partial charge is 0.480 e. The molecule has 0 saturated carbocycles. The van der Waals surface area contributed by atoms with E-state index < -0.39 is 18.1 Å². The molecule has 0 heterocycles. The lowest BCUT2D eigenvalue weighted by molar-refractivity contribution is -0.135. The van der Waals surface area contributed by atoms with Crippen LogP contribution in [0.25, 0.3) is 0 Å². The van der Waals surface area contributed by atoms with Gasteiger partial charge in [-0.3, -0.25) is 9.79 Å². The first-order chi connectivity index (χ1) is 8.09. The van der Waals surface area contributed by atoms with E-state index in [-0.39, 0.29) is 6.54 Å². The Hall–Kier alpha value is -1.72. The van der Waals surface area contributed by atoms with Crippen LogP contribution in [0.1, 0.15) is 5.56 Å². The number of hydrogen-bond acceptors (Lipinski definition) is 4. The smallest absolute Gasteiger partial charge is 0.325 e. The monoisotopic (exact) mass is 236 g/mol. The molecule has 5 heteroatoms. The summed E-state index contributed by atoms with van der Waals surface area (Å²) in [5.74, 6) is -1.04. The third kappa shape index (κ3) is 5.24. The number of benzene rings is 1. The van der Waals surface area contributed by atoms with E-state index in [1.807, 2.05) is 30.3 Å². The minimum atomic E-state index is -1.04. The maximum atomic E-state index is 10.2. The highest BCUT2D eigenvalue weighted by Crippen LogP contribution is 2.03. The van der Waals surface area contributed by atoms with Crippen LogP contribution in [0.15, 0.2) is 35.3 Å². The maximum Gasteiger partial charge on any atom is 0.325 e. The van der Waals surface area contributed by atoms with Gasteiger partial charge in [0.25, 0.3) is 0 Å². The van der Waals surface area contributed by atoms with Gasteiger partial charge in [-0.2, -0.15) is 0 Å². The van der Waals surface area contributed by atoms with Crippen LogP contribution in [-0.2, 0) is 11.2 Å². The average molecular weight is 236 g/mol. The van der Waals surface area contributed by atoms with Gasteiger partial charge in [0.15, 0.2) is 0 Å². The summed E-state index contributed by atoms with van der Waals surface area (Å²) in [5, 5.41) is 18.0. The number of aliphatic hydroxyl groups excluding tert-OH is 1. The van der Waals surface area contributed by atoms with Crippen molar-refractivity contribution in [1.29, 1.82) is 0 Å². The molecule has 0 aliphatic rings. The Kier molecular flexibility index (Phi) is 5.32. The van der Waals surface area contributed by atoms with Crippen molar-refractivity contribution >= 4 is 12.2 Å². The molecule has 0 spiro atoms. The average Bonchev–Trinajstić information content (AvgIpc) is 2.29. The van der Waals surface area contributed by atoms with E-state index in [9.17, 15) is 9.90 Å². The van der Waals surface area contributed by atoms with Gasteiger partial charge in [0.05, 0.1) is 0 Å². The minimum Gasteiger partial charge on any atom is -0.480 e. The van der Waals surface area contributed by atoms with Gasteiger partial charge in [-0.25, -0.2) is 0 Å². The van der Waals surface area contributed by atoms with E-state index in [0.29, 0.717) is 6.42 Å². The second kappa shape index (κ2) is 6.78. The fraction of sp³-hybridized carbons (Fsp3) is 0.333. The van der Waals surface area contributed by atoms with Gasteiger partial charge in [-0.1, -0.05) is 30.3 Å². The molecule has 0 saturated heterocycles. The number of aliphatic hydroxyl groups is 1. The molecule has 2 unspecified atom stereocenters. The molecule has 2 atom stereocenters. The highest BCUT2D eigenvalue weighted by molar-refractivity contribution is 5.73. The molecule has 17 heavy (non-hydrogen) atoms. The van der Waals surface area contributed by atoms with Gasteiger partial charge in [0.2, 0.25) is 0 Å². The van der Waals surface area contributed by atoms with Crippen molar-refractivity contribution in [1.82, 2.24) is 0 Å². The molecule has 0 fully saturated rings. The van der Waals surface area contributed by atoms with Gasteiger partial charge in [0.1, 0.15) is 12.6 Å². The number of rotatable bonds is 6. The minimum absolute atomic E-state index is 0.352. The van der Waals surface area contributed by atoms with Crippen LogP contribution in [0.2, 0.25) is 0 Å². The van der Waals surface area contributed by atoms with Crippen molar-refractivity contribution in [3.05, 3.63) is 35.9 Å². The molecule has 92 valence electrons. The highest BCUT2D eigenvalue weighted by atomic mass is 16.4. The lowest BCUT2D eigenvalue weighted by atomic mass is 10.0. The Labute approximate surface area is 99.6 Å². The summed E-state index contributed by atoms with van der Waals surface area (Å²) in [5.41, 5.74) is 6.80. The van der Waals surface area contributed by atoms with Crippen LogP contribution >= 0.6 is 0 Å². The zero-order valence-electron chi connectivity index (χ0n) is 9.36. The predicted octanol–water partition coefficient (Wildman–Crippen LogP) is 0.0727. The SMILES string of the molecule is NC(Cc1ccccc1)C(O)C=NCC(=O)O. The van der Waals surface area contributed by atoms with Crippen molar-refractivity contribution in [3.8, 4) is 0 Å². The summed E-state index contributed by atoms with van der Waals surface area (Å²) in [4.78, 5) is 13.8. The zero-order valence-corrected chi connectivity index (χ0v) is 9.36. The molecular weight excluding hydrogens is 220 g/mol. The van der Waals surface area contributed by atoms with Crippen LogP contribution in [0.5, 0.6) is 0 Å². The number of carboxylic acids is 1. The van der Waals surface area contributed by atoms with Crippen LogP contribution in [0.3, 0.4) is 0 Å². The van der Waals surface area contributed by atoms with E-state index in [1.54, 1.807) is 0 Å². The predicted molar refractivity (Wildman–Crippen MR) is 65.1 cm³/mol. The van der Waals surface area contributed by atoms with Gasteiger partial charge < -0.3 is 15.9 Å². The molecule has 0 bridgehead atoms. The second-order valence-electron chi connectivity index (χ2n) is 3.73. The summed E-state index contributed by atoms with van der Waals surface area (Å²) in [6.07, 6.45) is 0.762. The molecule has 0 radical (unpaired) electrons. The van der Waals surface area contributed by atoms with Crippen LogP contribution in [-0.4, -0.2) is 41.1 Å². The molecular formula is C12H16N2O3. The molecule has 5 nitrogen and oxygen atoms in total. The summed E-state index contributed by atoms with van der Waals surface area (Å²) < 4.78 is 0. The van der Waals surface area contributed by atoms with Crippen molar-refractivity contribution in [2.24, 2.45) is 10.7 Å².